The highest BCUT2D eigenvalue weighted by Gasteiger charge is 2.17. The number of hydrogen-bond donors (Lipinski definition) is 2. The Hall–Kier alpha value is -1.36. The first-order valence-corrected chi connectivity index (χ1v) is 7.19. The number of anilines is 2. The number of hydrogen-bond acceptors (Lipinski definition) is 5. The van der Waals surface area contributed by atoms with Gasteiger partial charge in [0, 0.05) is 32.2 Å². The number of aromatic nitrogens is 2. The quantitative estimate of drug-likeness (QED) is 0.786. The summed E-state index contributed by atoms with van der Waals surface area (Å²) < 4.78 is 0. The third-order valence-corrected chi connectivity index (χ3v) is 3.89. The van der Waals surface area contributed by atoms with Crippen molar-refractivity contribution in [3.63, 3.8) is 0 Å². The van der Waals surface area contributed by atoms with Crippen LogP contribution in [-0.4, -0.2) is 36.1 Å². The van der Waals surface area contributed by atoms with Gasteiger partial charge >= 0.3 is 0 Å². The van der Waals surface area contributed by atoms with E-state index in [9.17, 15) is 0 Å². The minimum absolute atomic E-state index is 0.225. The third kappa shape index (κ3) is 4.06. The van der Waals surface area contributed by atoms with Crippen molar-refractivity contribution in [1.82, 2.24) is 9.97 Å². The van der Waals surface area contributed by atoms with Crippen molar-refractivity contribution in [2.45, 2.75) is 38.6 Å². The summed E-state index contributed by atoms with van der Waals surface area (Å²) in [4.78, 5) is 10.8. The summed E-state index contributed by atoms with van der Waals surface area (Å²) in [5.74, 6) is 2.75. The zero-order valence-electron chi connectivity index (χ0n) is 12.0. The van der Waals surface area contributed by atoms with Gasteiger partial charge in [-0.3, -0.25) is 0 Å². The van der Waals surface area contributed by atoms with Crippen molar-refractivity contribution in [2.75, 3.05) is 30.4 Å². The molecule has 19 heavy (non-hydrogen) atoms. The lowest BCUT2D eigenvalue weighted by molar-refractivity contribution is 0.299. The van der Waals surface area contributed by atoms with Gasteiger partial charge in [-0.05, 0) is 19.3 Å². The number of nitrogens with two attached hydrogens (primary N) is 1. The molecule has 1 aliphatic carbocycles. The van der Waals surface area contributed by atoms with E-state index >= 15 is 0 Å². The van der Waals surface area contributed by atoms with Crippen LogP contribution in [0, 0.1) is 5.92 Å². The molecule has 1 unspecified atom stereocenters. The first kappa shape index (κ1) is 14.1. The molecule has 0 aliphatic heterocycles. The van der Waals surface area contributed by atoms with E-state index in [0.717, 1.165) is 24.1 Å². The van der Waals surface area contributed by atoms with Crippen molar-refractivity contribution in [3.05, 3.63) is 12.4 Å². The molecule has 3 N–H and O–H groups in total. The summed E-state index contributed by atoms with van der Waals surface area (Å²) in [5, 5.41) is 3.27. The Morgan fingerprint density at radius 2 is 2.26 bits per heavy atom. The van der Waals surface area contributed by atoms with Crippen molar-refractivity contribution in [2.24, 2.45) is 11.7 Å². The molecule has 1 atom stereocenters. The van der Waals surface area contributed by atoms with Crippen molar-refractivity contribution in [3.8, 4) is 0 Å². The molecule has 0 saturated heterocycles. The van der Waals surface area contributed by atoms with Crippen molar-refractivity contribution >= 4 is 11.6 Å². The summed E-state index contributed by atoms with van der Waals surface area (Å²) in [6.07, 6.45) is 7.09. The lowest BCUT2D eigenvalue weighted by atomic mass is 9.83. The minimum atomic E-state index is 0.225. The summed E-state index contributed by atoms with van der Waals surface area (Å²) in [6.45, 7) is 3.70. The van der Waals surface area contributed by atoms with Crippen molar-refractivity contribution < 1.29 is 0 Å². The molecule has 1 aromatic rings. The third-order valence-electron chi connectivity index (χ3n) is 3.89. The predicted octanol–water partition coefficient (Wildman–Crippen LogP) is 1.86. The highest BCUT2D eigenvalue weighted by molar-refractivity contribution is 5.48. The van der Waals surface area contributed by atoms with Crippen LogP contribution in [-0.2, 0) is 0 Å². The van der Waals surface area contributed by atoms with Gasteiger partial charge in [-0.15, -0.1) is 0 Å². The van der Waals surface area contributed by atoms with Crippen LogP contribution in [0.1, 0.15) is 32.6 Å². The standard InChI is InChI=1S/C14H25N5/c1-11(9-15)18-13-8-14(17-10-16-13)19(2)7-6-12-4-3-5-12/h8,10-12H,3-7,9,15H2,1-2H3,(H,16,17,18). The van der Waals surface area contributed by atoms with Crippen LogP contribution in [0.4, 0.5) is 11.6 Å². The van der Waals surface area contributed by atoms with E-state index in [0.29, 0.717) is 6.54 Å². The summed E-state index contributed by atoms with van der Waals surface area (Å²) in [5.41, 5.74) is 5.60. The van der Waals surface area contributed by atoms with Gasteiger partial charge in [0.1, 0.15) is 18.0 Å². The lowest BCUT2D eigenvalue weighted by Crippen LogP contribution is -2.27. The number of nitrogens with one attached hydrogen (secondary N) is 1. The maximum Gasteiger partial charge on any atom is 0.133 e. The average molecular weight is 263 g/mol. The highest BCUT2D eigenvalue weighted by atomic mass is 15.2. The molecule has 0 amide bonds. The first-order valence-electron chi connectivity index (χ1n) is 7.19. The molecule has 1 aromatic heterocycles. The van der Waals surface area contributed by atoms with E-state index in [1.165, 1.54) is 25.7 Å². The normalized spacial score (nSPS) is 16.8. The SMILES string of the molecule is CC(CN)Nc1cc(N(C)CCC2CCC2)ncn1. The van der Waals surface area contributed by atoms with Gasteiger partial charge in [0.05, 0.1) is 0 Å². The van der Waals surface area contributed by atoms with E-state index in [-0.39, 0.29) is 6.04 Å². The monoisotopic (exact) mass is 263 g/mol. The molecule has 0 spiro atoms. The fraction of sp³-hybridized carbons (Fsp3) is 0.714. The summed E-state index contributed by atoms with van der Waals surface area (Å²) >= 11 is 0. The Morgan fingerprint density at radius 3 is 2.89 bits per heavy atom. The zero-order chi connectivity index (χ0) is 13.7. The Balaban J connectivity index is 1.88. The molecule has 0 bridgehead atoms. The molecule has 0 radical (unpaired) electrons. The van der Waals surface area contributed by atoms with Crippen LogP contribution >= 0.6 is 0 Å². The Morgan fingerprint density at radius 1 is 1.47 bits per heavy atom. The molecule has 5 nitrogen and oxygen atoms in total. The van der Waals surface area contributed by atoms with Gasteiger partial charge in [-0.1, -0.05) is 19.3 Å². The van der Waals surface area contributed by atoms with Crippen LogP contribution in [0.2, 0.25) is 0 Å². The minimum Gasteiger partial charge on any atom is -0.366 e. The fourth-order valence-electron chi connectivity index (χ4n) is 2.22. The summed E-state index contributed by atoms with van der Waals surface area (Å²) in [7, 11) is 2.09. The Labute approximate surface area is 115 Å². The average Bonchev–Trinajstić information content (AvgIpc) is 2.37. The van der Waals surface area contributed by atoms with Gasteiger partial charge in [-0.2, -0.15) is 0 Å². The lowest BCUT2D eigenvalue weighted by Gasteiger charge is -2.28. The predicted molar refractivity (Wildman–Crippen MR) is 79.4 cm³/mol. The molecular formula is C14H25N5. The van der Waals surface area contributed by atoms with Gasteiger partial charge in [0.25, 0.3) is 0 Å². The second-order valence-corrected chi connectivity index (χ2v) is 5.55. The van der Waals surface area contributed by atoms with E-state index < -0.39 is 0 Å². The second-order valence-electron chi connectivity index (χ2n) is 5.55. The van der Waals surface area contributed by atoms with Gasteiger partial charge in [0.2, 0.25) is 0 Å². The molecule has 1 fully saturated rings. The van der Waals surface area contributed by atoms with E-state index in [1.54, 1.807) is 6.33 Å². The second kappa shape index (κ2) is 6.70. The number of nitrogens with zero attached hydrogens (tertiary/aromatic N) is 3. The van der Waals surface area contributed by atoms with Crippen LogP contribution in [0.3, 0.4) is 0 Å². The van der Waals surface area contributed by atoms with Gasteiger partial charge in [0.15, 0.2) is 0 Å². The van der Waals surface area contributed by atoms with Gasteiger partial charge in [-0.25, -0.2) is 9.97 Å². The topological polar surface area (TPSA) is 67.1 Å². The maximum absolute atomic E-state index is 5.60. The van der Waals surface area contributed by atoms with Gasteiger partial charge < -0.3 is 16.0 Å². The highest BCUT2D eigenvalue weighted by Crippen LogP contribution is 2.29. The summed E-state index contributed by atoms with van der Waals surface area (Å²) in [6, 6.07) is 2.22. The van der Waals surface area contributed by atoms with Crippen LogP contribution in [0.25, 0.3) is 0 Å². The molecule has 106 valence electrons. The Bertz CT molecular complexity index is 391. The zero-order valence-corrected chi connectivity index (χ0v) is 12.0. The smallest absolute Gasteiger partial charge is 0.133 e. The van der Waals surface area contributed by atoms with E-state index in [4.69, 9.17) is 5.73 Å². The molecule has 0 aromatic carbocycles. The van der Waals surface area contributed by atoms with E-state index in [1.807, 2.05) is 13.0 Å². The molecule has 1 aliphatic rings. The Kier molecular flexibility index (Phi) is 4.96. The van der Waals surface area contributed by atoms with Crippen LogP contribution < -0.4 is 16.0 Å². The van der Waals surface area contributed by atoms with E-state index in [2.05, 4.69) is 27.2 Å². The molecular weight excluding hydrogens is 238 g/mol. The first-order chi connectivity index (χ1) is 9.19. The van der Waals surface area contributed by atoms with Crippen molar-refractivity contribution in [1.29, 1.82) is 0 Å². The molecule has 5 heteroatoms. The molecule has 1 saturated carbocycles. The largest absolute Gasteiger partial charge is 0.366 e. The number of rotatable bonds is 7. The molecule has 2 rings (SSSR count). The fourth-order valence-corrected chi connectivity index (χ4v) is 2.22. The van der Waals surface area contributed by atoms with Crippen LogP contribution in [0.15, 0.2) is 12.4 Å². The maximum atomic E-state index is 5.60. The van der Waals surface area contributed by atoms with Crippen LogP contribution in [0.5, 0.6) is 0 Å². The molecule has 1 heterocycles.